The molecule has 1 saturated carbocycles. The Bertz CT molecular complexity index is 221. The van der Waals surface area contributed by atoms with Crippen LogP contribution < -0.4 is 0 Å². The van der Waals surface area contributed by atoms with Crippen LogP contribution in [0.2, 0.25) is 0 Å². The predicted octanol–water partition coefficient (Wildman–Crippen LogP) is 1.90. The van der Waals surface area contributed by atoms with E-state index in [0.717, 1.165) is 25.9 Å². The fourth-order valence-electron chi connectivity index (χ4n) is 2.33. The summed E-state index contributed by atoms with van der Waals surface area (Å²) >= 11 is 0. The van der Waals surface area contributed by atoms with Gasteiger partial charge in [-0.1, -0.05) is 0 Å². The van der Waals surface area contributed by atoms with Crippen molar-refractivity contribution in [1.29, 1.82) is 0 Å². The Morgan fingerprint density at radius 1 is 1.57 bits per heavy atom. The summed E-state index contributed by atoms with van der Waals surface area (Å²) in [5, 5.41) is 0. The number of methoxy groups -OCH3 is 1. The quantitative estimate of drug-likeness (QED) is 0.636. The van der Waals surface area contributed by atoms with Crippen LogP contribution in [0.1, 0.15) is 38.5 Å². The Balaban J connectivity index is 1.87. The number of carbonyl (C=O) groups excluding carboxylic acids is 1. The van der Waals surface area contributed by atoms with E-state index in [4.69, 9.17) is 9.47 Å². The first kappa shape index (κ1) is 9.97. The largest absolute Gasteiger partial charge is 0.469 e. The fourth-order valence-corrected chi connectivity index (χ4v) is 2.33. The highest BCUT2D eigenvalue weighted by atomic mass is 16.5. The first-order valence-electron chi connectivity index (χ1n) is 5.45. The minimum Gasteiger partial charge on any atom is -0.469 e. The van der Waals surface area contributed by atoms with Crippen molar-refractivity contribution in [3.8, 4) is 0 Å². The molecule has 0 N–H and O–H groups in total. The van der Waals surface area contributed by atoms with Crippen LogP contribution in [0, 0.1) is 5.92 Å². The molecule has 0 bridgehead atoms. The van der Waals surface area contributed by atoms with Gasteiger partial charge in [-0.05, 0) is 38.0 Å². The monoisotopic (exact) mass is 198 g/mol. The van der Waals surface area contributed by atoms with E-state index in [9.17, 15) is 4.79 Å². The van der Waals surface area contributed by atoms with Crippen LogP contribution in [0.3, 0.4) is 0 Å². The molecular formula is C11H18O3. The molecule has 2 fully saturated rings. The highest BCUT2D eigenvalue weighted by Gasteiger charge is 2.46. The summed E-state index contributed by atoms with van der Waals surface area (Å²) in [6.45, 7) is 0.873. The highest BCUT2D eigenvalue weighted by molar-refractivity contribution is 5.69. The summed E-state index contributed by atoms with van der Waals surface area (Å²) in [5.74, 6) is 0.403. The number of ether oxygens (including phenoxy) is 2. The summed E-state index contributed by atoms with van der Waals surface area (Å²) in [6, 6.07) is 0. The minimum absolute atomic E-state index is 0.0762. The van der Waals surface area contributed by atoms with E-state index in [1.807, 2.05) is 0 Å². The molecule has 0 aromatic carbocycles. The summed E-state index contributed by atoms with van der Waals surface area (Å²) in [6.07, 6.45) is 6.19. The molecule has 2 rings (SSSR count). The van der Waals surface area contributed by atoms with Gasteiger partial charge in [0, 0.05) is 13.0 Å². The second kappa shape index (κ2) is 3.89. The molecule has 14 heavy (non-hydrogen) atoms. The van der Waals surface area contributed by atoms with Crippen LogP contribution in [0.25, 0.3) is 0 Å². The molecule has 1 atom stereocenters. The third-order valence-electron chi connectivity index (χ3n) is 3.32. The van der Waals surface area contributed by atoms with Crippen molar-refractivity contribution in [3.63, 3.8) is 0 Å². The maximum Gasteiger partial charge on any atom is 0.305 e. The van der Waals surface area contributed by atoms with E-state index in [0.29, 0.717) is 12.3 Å². The van der Waals surface area contributed by atoms with Crippen LogP contribution >= 0.6 is 0 Å². The molecule has 2 aliphatic rings. The van der Waals surface area contributed by atoms with Gasteiger partial charge in [-0.15, -0.1) is 0 Å². The molecule has 1 aliphatic heterocycles. The van der Waals surface area contributed by atoms with E-state index >= 15 is 0 Å². The summed E-state index contributed by atoms with van der Waals surface area (Å²) < 4.78 is 10.5. The van der Waals surface area contributed by atoms with Crippen molar-refractivity contribution >= 4 is 5.97 Å². The number of hydrogen-bond acceptors (Lipinski definition) is 3. The molecule has 1 heterocycles. The molecule has 80 valence electrons. The second-order valence-corrected chi connectivity index (χ2v) is 4.52. The highest BCUT2D eigenvalue weighted by Crippen LogP contribution is 2.47. The maximum atomic E-state index is 11.2. The summed E-state index contributed by atoms with van der Waals surface area (Å²) in [5.41, 5.74) is 0.162. The molecule has 3 heteroatoms. The molecular weight excluding hydrogens is 180 g/mol. The van der Waals surface area contributed by atoms with Crippen molar-refractivity contribution in [1.82, 2.24) is 0 Å². The van der Waals surface area contributed by atoms with Crippen LogP contribution in [0.5, 0.6) is 0 Å². The van der Waals surface area contributed by atoms with Gasteiger partial charge in [0.2, 0.25) is 0 Å². The molecule has 1 aliphatic carbocycles. The van der Waals surface area contributed by atoms with Crippen LogP contribution in [0.15, 0.2) is 0 Å². The van der Waals surface area contributed by atoms with E-state index in [2.05, 4.69) is 0 Å². The lowest BCUT2D eigenvalue weighted by Gasteiger charge is -2.17. The lowest BCUT2D eigenvalue weighted by Crippen LogP contribution is -2.18. The van der Waals surface area contributed by atoms with E-state index in [1.165, 1.54) is 20.0 Å². The lowest BCUT2D eigenvalue weighted by molar-refractivity contribution is -0.141. The smallest absolute Gasteiger partial charge is 0.305 e. The van der Waals surface area contributed by atoms with Gasteiger partial charge in [-0.3, -0.25) is 4.79 Å². The molecule has 3 nitrogen and oxygen atoms in total. The topological polar surface area (TPSA) is 35.5 Å². The van der Waals surface area contributed by atoms with Gasteiger partial charge in [0.15, 0.2) is 0 Å². The van der Waals surface area contributed by atoms with Crippen molar-refractivity contribution < 1.29 is 14.3 Å². The number of esters is 1. The maximum absolute atomic E-state index is 11.2. The van der Waals surface area contributed by atoms with Gasteiger partial charge in [-0.2, -0.15) is 0 Å². The first-order valence-corrected chi connectivity index (χ1v) is 5.45. The van der Waals surface area contributed by atoms with Crippen molar-refractivity contribution in [2.75, 3.05) is 13.7 Å². The number of carbonyl (C=O) groups is 1. The zero-order valence-electron chi connectivity index (χ0n) is 8.75. The minimum atomic E-state index is -0.0762. The van der Waals surface area contributed by atoms with Gasteiger partial charge in [-0.25, -0.2) is 0 Å². The van der Waals surface area contributed by atoms with Crippen molar-refractivity contribution in [2.24, 2.45) is 5.92 Å². The third kappa shape index (κ3) is 2.27. The van der Waals surface area contributed by atoms with Crippen LogP contribution in [-0.4, -0.2) is 25.3 Å². The zero-order valence-corrected chi connectivity index (χ0v) is 8.75. The second-order valence-electron chi connectivity index (χ2n) is 4.52. The first-order chi connectivity index (χ1) is 6.74. The Morgan fingerprint density at radius 3 is 3.00 bits per heavy atom. The average molecular weight is 198 g/mol. The number of hydrogen-bond donors (Lipinski definition) is 0. The predicted molar refractivity (Wildman–Crippen MR) is 51.9 cm³/mol. The van der Waals surface area contributed by atoms with Gasteiger partial charge in [0.1, 0.15) is 0 Å². The Labute approximate surface area is 84.8 Å². The van der Waals surface area contributed by atoms with Gasteiger partial charge >= 0.3 is 5.97 Å². The van der Waals surface area contributed by atoms with Gasteiger partial charge in [0.05, 0.1) is 12.7 Å². The normalized spacial score (nSPS) is 29.6. The molecule has 0 unspecified atom stereocenters. The van der Waals surface area contributed by atoms with Crippen molar-refractivity contribution in [3.05, 3.63) is 0 Å². The lowest BCUT2D eigenvalue weighted by atomic mass is 9.93. The number of rotatable bonds is 2. The average Bonchev–Trinajstić information content (AvgIpc) is 2.95. The Kier molecular flexibility index (Phi) is 2.77. The van der Waals surface area contributed by atoms with E-state index in [-0.39, 0.29) is 11.6 Å². The van der Waals surface area contributed by atoms with Crippen LogP contribution in [0.4, 0.5) is 0 Å². The van der Waals surface area contributed by atoms with Gasteiger partial charge < -0.3 is 9.47 Å². The molecule has 1 saturated heterocycles. The Hall–Kier alpha value is -0.570. The van der Waals surface area contributed by atoms with Crippen molar-refractivity contribution in [2.45, 2.75) is 44.1 Å². The standard InChI is InChI=1S/C11H18O3/c1-13-10(12)7-9-3-2-6-14-11(8-9)4-5-11/h9H,2-8H2,1H3/t9-/m0/s1. The van der Waals surface area contributed by atoms with Crippen LogP contribution in [-0.2, 0) is 14.3 Å². The Morgan fingerprint density at radius 2 is 2.36 bits per heavy atom. The molecule has 0 aromatic rings. The van der Waals surface area contributed by atoms with Gasteiger partial charge in [0.25, 0.3) is 0 Å². The molecule has 1 spiro atoms. The fraction of sp³-hybridized carbons (Fsp3) is 0.909. The molecule has 0 radical (unpaired) electrons. The summed E-state index contributed by atoms with van der Waals surface area (Å²) in [7, 11) is 1.46. The third-order valence-corrected chi connectivity index (χ3v) is 3.32. The molecule has 0 amide bonds. The van der Waals surface area contributed by atoms with E-state index < -0.39 is 0 Å². The molecule has 0 aromatic heterocycles. The van der Waals surface area contributed by atoms with E-state index in [1.54, 1.807) is 0 Å². The SMILES string of the molecule is COC(=O)C[C@@H]1CCCOC2(CC2)C1. The summed E-state index contributed by atoms with van der Waals surface area (Å²) in [4.78, 5) is 11.2. The zero-order chi connectivity index (χ0) is 10.0.